The minimum Gasteiger partial charge on any atom is -0.490 e. The minimum atomic E-state index is 0.673. The van der Waals surface area contributed by atoms with Crippen LogP contribution in [0.5, 0.6) is 11.5 Å². The second kappa shape index (κ2) is 6.10. The Hall–Kier alpha value is -1.22. The normalized spacial score (nSPS) is 14.7. The molecule has 0 bridgehead atoms. The fraction of sp³-hybridized carbons (Fsp3) is 0.600. The molecule has 1 aliphatic heterocycles. The molecule has 0 aromatic heterocycles. The third-order valence-electron chi connectivity index (χ3n) is 2.97. The van der Waals surface area contributed by atoms with E-state index in [9.17, 15) is 0 Å². The molecule has 0 fully saturated rings. The van der Waals surface area contributed by atoms with E-state index in [1.807, 2.05) is 0 Å². The van der Waals surface area contributed by atoms with Gasteiger partial charge in [-0.1, -0.05) is 19.9 Å². The van der Waals surface area contributed by atoms with Crippen molar-refractivity contribution < 1.29 is 9.47 Å². The molecule has 1 aliphatic rings. The lowest BCUT2D eigenvalue weighted by atomic mass is 10.1. The zero-order chi connectivity index (χ0) is 13.0. The molecule has 2 rings (SSSR count). The van der Waals surface area contributed by atoms with E-state index in [2.05, 4.69) is 38.2 Å². The van der Waals surface area contributed by atoms with Crippen LogP contribution >= 0.6 is 0 Å². The van der Waals surface area contributed by atoms with E-state index in [1.54, 1.807) is 0 Å². The Morgan fingerprint density at radius 2 is 2.00 bits per heavy atom. The average Bonchev–Trinajstić information content (AvgIpc) is 2.54. The van der Waals surface area contributed by atoms with Crippen LogP contribution in [0.25, 0.3) is 0 Å². The number of hydrogen-bond donors (Lipinski definition) is 1. The smallest absolute Gasteiger partial charge is 0.164 e. The van der Waals surface area contributed by atoms with E-state index in [0.717, 1.165) is 49.8 Å². The van der Waals surface area contributed by atoms with Crippen molar-refractivity contribution in [3.05, 3.63) is 23.3 Å². The summed E-state index contributed by atoms with van der Waals surface area (Å²) < 4.78 is 11.5. The number of benzene rings is 1. The fourth-order valence-electron chi connectivity index (χ4n) is 2.13. The Morgan fingerprint density at radius 3 is 2.78 bits per heavy atom. The third-order valence-corrected chi connectivity index (χ3v) is 2.97. The standard InChI is InChI=1S/C15H23NO2/c1-11(2)9-16-10-13-7-12(3)15-14(8-13)17-5-4-6-18-15/h7-8,11,16H,4-6,9-10H2,1-3H3. The minimum absolute atomic E-state index is 0.673. The maximum absolute atomic E-state index is 5.74. The van der Waals surface area contributed by atoms with Crippen LogP contribution in [0.15, 0.2) is 12.1 Å². The molecule has 0 unspecified atom stereocenters. The molecule has 0 spiro atoms. The Morgan fingerprint density at radius 1 is 1.22 bits per heavy atom. The van der Waals surface area contributed by atoms with Gasteiger partial charge in [0.25, 0.3) is 0 Å². The van der Waals surface area contributed by atoms with Gasteiger partial charge >= 0.3 is 0 Å². The highest BCUT2D eigenvalue weighted by molar-refractivity contribution is 5.49. The molecular weight excluding hydrogens is 226 g/mol. The van der Waals surface area contributed by atoms with Gasteiger partial charge in [0.2, 0.25) is 0 Å². The Kier molecular flexibility index (Phi) is 4.48. The van der Waals surface area contributed by atoms with Gasteiger partial charge in [0.05, 0.1) is 13.2 Å². The number of aryl methyl sites for hydroxylation is 1. The first-order chi connectivity index (χ1) is 8.66. The van der Waals surface area contributed by atoms with Gasteiger partial charge in [-0.05, 0) is 36.6 Å². The topological polar surface area (TPSA) is 30.5 Å². The summed E-state index contributed by atoms with van der Waals surface area (Å²) in [6.07, 6.45) is 0.953. The van der Waals surface area contributed by atoms with Gasteiger partial charge in [0, 0.05) is 13.0 Å². The van der Waals surface area contributed by atoms with Crippen LogP contribution in [-0.4, -0.2) is 19.8 Å². The van der Waals surface area contributed by atoms with Gasteiger partial charge < -0.3 is 14.8 Å². The Balaban J connectivity index is 2.08. The highest BCUT2D eigenvalue weighted by atomic mass is 16.5. The summed E-state index contributed by atoms with van der Waals surface area (Å²) in [6.45, 7) is 9.93. The first-order valence-electron chi connectivity index (χ1n) is 6.76. The summed E-state index contributed by atoms with van der Waals surface area (Å²) in [4.78, 5) is 0. The Bertz CT molecular complexity index is 402. The highest BCUT2D eigenvalue weighted by Gasteiger charge is 2.14. The lowest BCUT2D eigenvalue weighted by Gasteiger charge is -2.13. The Labute approximate surface area is 109 Å². The monoisotopic (exact) mass is 249 g/mol. The molecule has 0 saturated heterocycles. The largest absolute Gasteiger partial charge is 0.490 e. The number of rotatable bonds is 4. The fourth-order valence-corrected chi connectivity index (χ4v) is 2.13. The van der Waals surface area contributed by atoms with Crippen molar-refractivity contribution in [3.63, 3.8) is 0 Å². The summed E-state index contributed by atoms with van der Waals surface area (Å²) >= 11 is 0. The number of hydrogen-bond acceptors (Lipinski definition) is 3. The van der Waals surface area contributed by atoms with Crippen molar-refractivity contribution in [1.82, 2.24) is 5.32 Å². The molecule has 100 valence electrons. The predicted octanol–water partition coefficient (Wildman–Crippen LogP) is 2.90. The van der Waals surface area contributed by atoms with Gasteiger partial charge in [-0.25, -0.2) is 0 Å². The molecule has 0 atom stereocenters. The molecule has 1 heterocycles. The van der Waals surface area contributed by atoms with Gasteiger partial charge in [0.1, 0.15) is 0 Å². The van der Waals surface area contributed by atoms with E-state index in [1.165, 1.54) is 5.56 Å². The molecule has 0 radical (unpaired) electrons. The second-order valence-corrected chi connectivity index (χ2v) is 5.32. The lowest BCUT2D eigenvalue weighted by molar-refractivity contribution is 0.296. The molecule has 1 aromatic rings. The molecule has 18 heavy (non-hydrogen) atoms. The van der Waals surface area contributed by atoms with Crippen LogP contribution < -0.4 is 14.8 Å². The first kappa shape index (κ1) is 13.2. The molecule has 3 nitrogen and oxygen atoms in total. The molecule has 0 aliphatic carbocycles. The van der Waals surface area contributed by atoms with Gasteiger partial charge in [0.15, 0.2) is 11.5 Å². The van der Waals surface area contributed by atoms with Crippen LogP contribution in [0.3, 0.4) is 0 Å². The van der Waals surface area contributed by atoms with Crippen molar-refractivity contribution in [2.75, 3.05) is 19.8 Å². The van der Waals surface area contributed by atoms with Crippen molar-refractivity contribution in [1.29, 1.82) is 0 Å². The number of ether oxygens (including phenoxy) is 2. The van der Waals surface area contributed by atoms with Crippen molar-refractivity contribution >= 4 is 0 Å². The summed E-state index contributed by atoms with van der Waals surface area (Å²) in [5.41, 5.74) is 2.42. The average molecular weight is 249 g/mol. The molecule has 0 amide bonds. The van der Waals surface area contributed by atoms with E-state index in [4.69, 9.17) is 9.47 Å². The van der Waals surface area contributed by atoms with Gasteiger partial charge in [-0.2, -0.15) is 0 Å². The van der Waals surface area contributed by atoms with Crippen molar-refractivity contribution in [2.45, 2.75) is 33.7 Å². The SMILES string of the molecule is Cc1cc(CNCC(C)C)cc2c1OCCCO2. The van der Waals surface area contributed by atoms with Crippen LogP contribution in [0.1, 0.15) is 31.4 Å². The molecule has 3 heteroatoms. The van der Waals surface area contributed by atoms with Crippen molar-refractivity contribution in [3.8, 4) is 11.5 Å². The van der Waals surface area contributed by atoms with Gasteiger partial charge in [-0.3, -0.25) is 0 Å². The highest BCUT2D eigenvalue weighted by Crippen LogP contribution is 2.34. The molecule has 0 saturated carbocycles. The van der Waals surface area contributed by atoms with Crippen LogP contribution in [-0.2, 0) is 6.54 Å². The quantitative estimate of drug-likeness (QED) is 0.890. The van der Waals surface area contributed by atoms with E-state index in [0.29, 0.717) is 5.92 Å². The zero-order valence-electron chi connectivity index (χ0n) is 11.6. The predicted molar refractivity (Wildman–Crippen MR) is 73.3 cm³/mol. The van der Waals surface area contributed by atoms with Crippen LogP contribution in [0, 0.1) is 12.8 Å². The zero-order valence-corrected chi connectivity index (χ0v) is 11.6. The van der Waals surface area contributed by atoms with Crippen LogP contribution in [0.4, 0.5) is 0 Å². The summed E-state index contributed by atoms with van der Waals surface area (Å²) in [5, 5.41) is 3.45. The third kappa shape index (κ3) is 3.39. The van der Waals surface area contributed by atoms with E-state index in [-0.39, 0.29) is 0 Å². The maximum atomic E-state index is 5.74. The van der Waals surface area contributed by atoms with E-state index < -0.39 is 0 Å². The van der Waals surface area contributed by atoms with Crippen molar-refractivity contribution in [2.24, 2.45) is 5.92 Å². The summed E-state index contributed by atoms with van der Waals surface area (Å²) in [7, 11) is 0. The molecule has 1 N–H and O–H groups in total. The molecule has 1 aromatic carbocycles. The van der Waals surface area contributed by atoms with E-state index >= 15 is 0 Å². The first-order valence-corrected chi connectivity index (χ1v) is 6.76. The molecular formula is C15H23NO2. The van der Waals surface area contributed by atoms with Gasteiger partial charge in [-0.15, -0.1) is 0 Å². The number of fused-ring (bicyclic) bond motifs is 1. The second-order valence-electron chi connectivity index (χ2n) is 5.32. The summed E-state index contributed by atoms with van der Waals surface area (Å²) in [6, 6.07) is 4.28. The van der Waals surface area contributed by atoms with Crippen LogP contribution in [0.2, 0.25) is 0 Å². The lowest BCUT2D eigenvalue weighted by Crippen LogP contribution is -2.19. The number of nitrogens with one attached hydrogen (secondary N) is 1. The maximum Gasteiger partial charge on any atom is 0.164 e. The summed E-state index contributed by atoms with van der Waals surface area (Å²) in [5.74, 6) is 2.49.